The first-order valence-electron chi connectivity index (χ1n) is 7.16. The summed E-state index contributed by atoms with van der Waals surface area (Å²) in [5, 5.41) is 5.70. The summed E-state index contributed by atoms with van der Waals surface area (Å²) in [6, 6.07) is 5.01. The fourth-order valence-electron chi connectivity index (χ4n) is 2.18. The molecule has 3 heteroatoms. The summed E-state index contributed by atoms with van der Waals surface area (Å²) in [7, 11) is 0. The van der Waals surface area contributed by atoms with Gasteiger partial charge in [-0.15, -0.1) is 11.3 Å². The Morgan fingerprint density at radius 3 is 2.67 bits per heavy atom. The Kier molecular flexibility index (Phi) is 7.56. The molecule has 0 saturated heterocycles. The predicted octanol–water partition coefficient (Wildman–Crippen LogP) is 3.59. The Bertz CT molecular complexity index is 297. The van der Waals surface area contributed by atoms with Crippen LogP contribution in [0.3, 0.4) is 0 Å². The van der Waals surface area contributed by atoms with Crippen molar-refractivity contribution in [1.82, 2.24) is 10.2 Å². The molecule has 1 heterocycles. The van der Waals surface area contributed by atoms with Crippen molar-refractivity contribution in [3.05, 3.63) is 22.4 Å². The van der Waals surface area contributed by atoms with E-state index in [1.165, 1.54) is 11.3 Å². The molecule has 2 atom stereocenters. The van der Waals surface area contributed by atoms with E-state index >= 15 is 0 Å². The molecule has 1 aromatic rings. The lowest BCUT2D eigenvalue weighted by Gasteiger charge is -2.32. The van der Waals surface area contributed by atoms with Crippen molar-refractivity contribution in [1.29, 1.82) is 0 Å². The highest BCUT2D eigenvalue weighted by Crippen LogP contribution is 2.17. The lowest BCUT2D eigenvalue weighted by molar-refractivity contribution is 0.161. The van der Waals surface area contributed by atoms with Crippen LogP contribution in [0.2, 0.25) is 0 Å². The van der Waals surface area contributed by atoms with Crippen molar-refractivity contribution in [3.63, 3.8) is 0 Å². The van der Waals surface area contributed by atoms with Crippen LogP contribution in [0, 0.1) is 5.92 Å². The van der Waals surface area contributed by atoms with E-state index in [9.17, 15) is 0 Å². The van der Waals surface area contributed by atoms with Gasteiger partial charge in [0.2, 0.25) is 0 Å². The minimum absolute atomic E-state index is 0.626. The zero-order valence-corrected chi connectivity index (χ0v) is 13.1. The molecule has 1 N–H and O–H groups in total. The lowest BCUT2D eigenvalue weighted by atomic mass is 10.0. The fourth-order valence-corrected chi connectivity index (χ4v) is 2.91. The summed E-state index contributed by atoms with van der Waals surface area (Å²) in [5.41, 5.74) is 0. The first kappa shape index (κ1) is 15.7. The Morgan fingerprint density at radius 1 is 1.33 bits per heavy atom. The third-order valence-corrected chi connectivity index (χ3v) is 4.50. The molecule has 0 aliphatic heterocycles. The van der Waals surface area contributed by atoms with Crippen molar-refractivity contribution in [3.8, 4) is 0 Å². The Hall–Kier alpha value is -0.380. The van der Waals surface area contributed by atoms with Gasteiger partial charge in [-0.05, 0) is 50.3 Å². The summed E-state index contributed by atoms with van der Waals surface area (Å²) in [6.07, 6.45) is 1.22. The topological polar surface area (TPSA) is 15.3 Å². The number of rotatable bonds is 9. The van der Waals surface area contributed by atoms with Gasteiger partial charge >= 0.3 is 0 Å². The quantitative estimate of drug-likeness (QED) is 0.689. The van der Waals surface area contributed by atoms with Crippen LogP contribution < -0.4 is 5.32 Å². The van der Waals surface area contributed by atoms with Crippen LogP contribution in [0.4, 0.5) is 0 Å². The zero-order chi connectivity index (χ0) is 13.4. The summed E-state index contributed by atoms with van der Waals surface area (Å²) in [4.78, 5) is 4.04. The maximum atomic E-state index is 3.53. The van der Waals surface area contributed by atoms with E-state index < -0.39 is 0 Å². The van der Waals surface area contributed by atoms with Crippen LogP contribution in [0.1, 0.15) is 39.0 Å². The third-order valence-electron chi connectivity index (χ3n) is 3.64. The molecular formula is C15H28N2S. The van der Waals surface area contributed by atoms with E-state index in [-0.39, 0.29) is 0 Å². The van der Waals surface area contributed by atoms with Crippen LogP contribution in [0.15, 0.2) is 17.5 Å². The van der Waals surface area contributed by atoms with E-state index in [2.05, 4.69) is 55.4 Å². The molecule has 0 fully saturated rings. The second-order valence-electron chi connectivity index (χ2n) is 5.06. The van der Waals surface area contributed by atoms with Crippen LogP contribution in [0.25, 0.3) is 0 Å². The highest BCUT2D eigenvalue weighted by atomic mass is 32.1. The van der Waals surface area contributed by atoms with Crippen molar-refractivity contribution in [2.75, 3.05) is 19.6 Å². The molecule has 104 valence electrons. The summed E-state index contributed by atoms with van der Waals surface area (Å²) < 4.78 is 0. The second-order valence-corrected chi connectivity index (χ2v) is 6.10. The minimum Gasteiger partial charge on any atom is -0.316 e. The van der Waals surface area contributed by atoms with Crippen molar-refractivity contribution < 1.29 is 0 Å². The minimum atomic E-state index is 0.626. The van der Waals surface area contributed by atoms with E-state index in [4.69, 9.17) is 0 Å². The molecule has 1 rings (SSSR count). The molecule has 0 aliphatic rings. The molecule has 0 aromatic carbocycles. The molecule has 0 spiro atoms. The molecule has 0 radical (unpaired) electrons. The van der Waals surface area contributed by atoms with Gasteiger partial charge in [0.25, 0.3) is 0 Å². The molecule has 0 saturated carbocycles. The first-order valence-corrected chi connectivity index (χ1v) is 8.04. The molecule has 2 nitrogen and oxygen atoms in total. The molecule has 0 aliphatic carbocycles. The smallest absolute Gasteiger partial charge is 0.0330 e. The maximum absolute atomic E-state index is 3.53. The van der Waals surface area contributed by atoms with Gasteiger partial charge in [0.05, 0.1) is 0 Å². The Labute approximate surface area is 116 Å². The highest BCUT2D eigenvalue weighted by Gasteiger charge is 2.18. The molecule has 2 unspecified atom stereocenters. The van der Waals surface area contributed by atoms with Gasteiger partial charge in [-0.25, -0.2) is 0 Å². The SMILES string of the molecule is CCCNCC(C)C(C)N(CC)Cc1cccs1. The van der Waals surface area contributed by atoms with Crippen molar-refractivity contribution >= 4 is 11.3 Å². The molecule has 18 heavy (non-hydrogen) atoms. The van der Waals surface area contributed by atoms with E-state index in [0.29, 0.717) is 12.0 Å². The van der Waals surface area contributed by atoms with Gasteiger partial charge in [-0.3, -0.25) is 4.90 Å². The average Bonchev–Trinajstić information content (AvgIpc) is 2.88. The third kappa shape index (κ3) is 5.09. The van der Waals surface area contributed by atoms with Gasteiger partial charge in [0.1, 0.15) is 0 Å². The Balaban J connectivity index is 2.42. The summed E-state index contributed by atoms with van der Waals surface area (Å²) >= 11 is 1.86. The lowest BCUT2D eigenvalue weighted by Crippen LogP contribution is -2.40. The van der Waals surface area contributed by atoms with E-state index in [1.807, 2.05) is 11.3 Å². The zero-order valence-electron chi connectivity index (χ0n) is 12.3. The average molecular weight is 268 g/mol. The number of nitrogens with one attached hydrogen (secondary N) is 1. The highest BCUT2D eigenvalue weighted by molar-refractivity contribution is 7.09. The first-order chi connectivity index (χ1) is 8.69. The Morgan fingerprint density at radius 2 is 2.11 bits per heavy atom. The molecule has 0 bridgehead atoms. The summed E-state index contributed by atoms with van der Waals surface area (Å²) in [6.45, 7) is 13.7. The standard InChI is InChI=1S/C15H28N2S/c1-5-9-16-11-13(3)14(4)17(6-2)12-15-8-7-10-18-15/h7-8,10,13-14,16H,5-6,9,11-12H2,1-4H3. The fraction of sp³-hybridized carbons (Fsp3) is 0.733. The van der Waals surface area contributed by atoms with Crippen LogP contribution >= 0.6 is 11.3 Å². The largest absolute Gasteiger partial charge is 0.316 e. The maximum Gasteiger partial charge on any atom is 0.0330 e. The van der Waals surface area contributed by atoms with Gasteiger partial charge in [0.15, 0.2) is 0 Å². The number of nitrogens with zero attached hydrogens (tertiary/aromatic N) is 1. The van der Waals surface area contributed by atoms with Gasteiger partial charge in [-0.1, -0.05) is 26.8 Å². The monoisotopic (exact) mass is 268 g/mol. The molecular weight excluding hydrogens is 240 g/mol. The number of hydrogen-bond acceptors (Lipinski definition) is 3. The van der Waals surface area contributed by atoms with E-state index in [0.717, 1.165) is 26.2 Å². The predicted molar refractivity (Wildman–Crippen MR) is 82.2 cm³/mol. The number of thiophene rings is 1. The summed E-state index contributed by atoms with van der Waals surface area (Å²) in [5.74, 6) is 0.691. The van der Waals surface area contributed by atoms with Crippen LogP contribution in [-0.2, 0) is 6.54 Å². The van der Waals surface area contributed by atoms with Crippen molar-refractivity contribution in [2.24, 2.45) is 5.92 Å². The van der Waals surface area contributed by atoms with Gasteiger partial charge < -0.3 is 5.32 Å². The molecule has 1 aromatic heterocycles. The normalized spacial score (nSPS) is 14.9. The number of hydrogen-bond donors (Lipinski definition) is 1. The van der Waals surface area contributed by atoms with Crippen molar-refractivity contribution in [2.45, 2.75) is 46.7 Å². The van der Waals surface area contributed by atoms with Crippen LogP contribution in [0.5, 0.6) is 0 Å². The van der Waals surface area contributed by atoms with E-state index in [1.54, 1.807) is 0 Å². The van der Waals surface area contributed by atoms with Gasteiger partial charge in [0, 0.05) is 17.5 Å². The van der Waals surface area contributed by atoms with Gasteiger partial charge in [-0.2, -0.15) is 0 Å². The van der Waals surface area contributed by atoms with Crippen LogP contribution in [-0.4, -0.2) is 30.6 Å². The second kappa shape index (κ2) is 8.68. The molecule has 0 amide bonds.